The molecule has 182 valence electrons. The third kappa shape index (κ3) is 2.78. The molecule has 0 radical (unpaired) electrons. The summed E-state index contributed by atoms with van der Waals surface area (Å²) in [5.74, 6) is -9.40. The topological polar surface area (TPSA) is 194 Å². The fraction of sp³-hybridized carbons (Fsp3) is 0.409. The average Bonchev–Trinajstić information content (AvgIpc) is 2.75. The molecule has 0 bridgehead atoms. The minimum Gasteiger partial charge on any atom is -0.508 e. The van der Waals surface area contributed by atoms with Crippen LogP contribution in [0.2, 0.25) is 0 Å². The number of fused-ring (bicyclic) bond motifs is 3. The molecule has 0 aliphatic heterocycles. The first kappa shape index (κ1) is 24.0. The van der Waals surface area contributed by atoms with Crippen LogP contribution in [0.3, 0.4) is 0 Å². The Morgan fingerprint density at radius 2 is 1.82 bits per heavy atom. The van der Waals surface area contributed by atoms with Gasteiger partial charge in [0.05, 0.1) is 29.3 Å². The highest BCUT2D eigenvalue weighted by atomic mass is 35.5. The zero-order valence-corrected chi connectivity index (χ0v) is 19.2. The quantitative estimate of drug-likeness (QED) is 0.172. The van der Waals surface area contributed by atoms with Crippen molar-refractivity contribution in [2.45, 2.75) is 30.6 Å². The number of nitrogens with one attached hydrogen (secondary N) is 1. The zero-order chi connectivity index (χ0) is 25.4. The first-order valence-electron chi connectivity index (χ1n) is 10.4. The van der Waals surface area contributed by atoms with E-state index in [-0.39, 0.29) is 11.3 Å². The van der Waals surface area contributed by atoms with Gasteiger partial charge in [-0.1, -0.05) is 13.0 Å². The number of benzene rings is 1. The Morgan fingerprint density at radius 3 is 2.35 bits per heavy atom. The van der Waals surface area contributed by atoms with Gasteiger partial charge in [0.2, 0.25) is 5.78 Å². The van der Waals surface area contributed by atoms with Crippen molar-refractivity contribution in [2.75, 3.05) is 18.9 Å². The van der Waals surface area contributed by atoms with Crippen molar-refractivity contribution in [2.24, 2.45) is 17.6 Å². The smallest absolute Gasteiger partial charge is 0.255 e. The van der Waals surface area contributed by atoms with Crippen LogP contribution in [0.1, 0.15) is 24.0 Å². The van der Waals surface area contributed by atoms with E-state index in [1.807, 2.05) is 0 Å². The van der Waals surface area contributed by atoms with Gasteiger partial charge in [0.1, 0.15) is 17.1 Å². The lowest BCUT2D eigenvalue weighted by Gasteiger charge is -2.53. The Bertz CT molecular complexity index is 1210. The summed E-state index contributed by atoms with van der Waals surface area (Å²) >= 11 is 5.61. The second-order valence-corrected chi connectivity index (χ2v) is 9.26. The van der Waals surface area contributed by atoms with Crippen molar-refractivity contribution < 1.29 is 39.9 Å². The van der Waals surface area contributed by atoms with E-state index in [2.05, 4.69) is 4.84 Å². The Kier molecular flexibility index (Phi) is 5.44. The number of aromatic hydroxyl groups is 1. The number of rotatable bonds is 3. The molecule has 6 atom stereocenters. The van der Waals surface area contributed by atoms with Gasteiger partial charge in [-0.2, -0.15) is 0 Å². The Balaban J connectivity index is 2.06. The minimum atomic E-state index is -2.94. The number of phenolic OH excluding ortho intramolecular Hbond substituents is 1. The number of carbonyl (C=O) groups is 3. The second-order valence-electron chi connectivity index (χ2n) is 9.07. The molecule has 1 saturated carbocycles. The van der Waals surface area contributed by atoms with Gasteiger partial charge in [-0.05, 0) is 31.6 Å². The summed E-state index contributed by atoms with van der Waals surface area (Å²) < 4.78 is 0. The van der Waals surface area contributed by atoms with Crippen LogP contribution >= 0.6 is 11.8 Å². The number of amides is 1. The van der Waals surface area contributed by atoms with Crippen LogP contribution in [0.15, 0.2) is 29.0 Å². The van der Waals surface area contributed by atoms with Crippen molar-refractivity contribution in [1.29, 1.82) is 0 Å². The average molecular weight is 494 g/mol. The number of phenols is 1. The molecular weight excluding hydrogens is 470 g/mol. The van der Waals surface area contributed by atoms with Crippen LogP contribution in [-0.2, 0) is 14.4 Å². The van der Waals surface area contributed by atoms with E-state index in [1.165, 1.54) is 25.1 Å². The number of aliphatic hydroxyl groups is 4. The summed E-state index contributed by atoms with van der Waals surface area (Å²) in [6, 6.07) is 1.60. The van der Waals surface area contributed by atoms with Crippen LogP contribution in [0.4, 0.5) is 5.69 Å². The molecule has 2 unspecified atom stereocenters. The van der Waals surface area contributed by atoms with Gasteiger partial charge in [0.25, 0.3) is 5.91 Å². The summed E-state index contributed by atoms with van der Waals surface area (Å²) in [6.07, 6.45) is -1.64. The fourth-order valence-electron chi connectivity index (χ4n) is 5.69. The molecule has 0 heterocycles. The van der Waals surface area contributed by atoms with E-state index in [9.17, 15) is 39.9 Å². The molecule has 1 amide bonds. The number of nitrogens with two attached hydrogens (primary N) is 1. The second kappa shape index (κ2) is 7.70. The monoisotopic (exact) mass is 493 g/mol. The highest BCUT2D eigenvalue weighted by Gasteiger charge is 2.68. The van der Waals surface area contributed by atoms with Gasteiger partial charge < -0.3 is 31.3 Å². The number of likely N-dealkylation sites (N-methyl/N-ethyl adjacent to an activating group) is 1. The molecule has 1 fully saturated rings. The van der Waals surface area contributed by atoms with Crippen molar-refractivity contribution in [1.82, 2.24) is 4.90 Å². The van der Waals surface area contributed by atoms with Crippen LogP contribution in [0, 0.1) is 11.8 Å². The van der Waals surface area contributed by atoms with Crippen molar-refractivity contribution in [3.63, 3.8) is 0 Å². The predicted molar refractivity (Wildman–Crippen MR) is 120 cm³/mol. The molecule has 3 aliphatic rings. The van der Waals surface area contributed by atoms with Gasteiger partial charge in [-0.3, -0.25) is 24.1 Å². The number of aliphatic hydroxyl groups excluding tert-OH is 3. The molecule has 0 aromatic heterocycles. The van der Waals surface area contributed by atoms with E-state index >= 15 is 0 Å². The molecule has 1 aromatic rings. The number of Topliss-reactive ketones (excluding diaryl/α,β-unsaturated/α-hetero) is 2. The molecule has 8 N–H and O–H groups in total. The van der Waals surface area contributed by atoms with Crippen molar-refractivity contribution in [3.8, 4) is 5.75 Å². The first-order chi connectivity index (χ1) is 15.8. The van der Waals surface area contributed by atoms with E-state index in [0.717, 1.165) is 0 Å². The molecule has 4 rings (SSSR count). The number of carbonyl (C=O) groups excluding carboxylic acids is 3. The van der Waals surface area contributed by atoms with Crippen LogP contribution < -0.4 is 10.6 Å². The summed E-state index contributed by atoms with van der Waals surface area (Å²) in [7, 11) is 2.89. The Hall–Kier alpha value is -3.12. The molecule has 12 heteroatoms. The number of ketones is 2. The number of nitrogens with zero attached hydrogens (tertiary/aromatic N) is 1. The number of primary amides is 1. The summed E-state index contributed by atoms with van der Waals surface area (Å²) in [4.78, 5) is 42.4. The molecule has 1 aromatic carbocycles. The van der Waals surface area contributed by atoms with Crippen molar-refractivity contribution >= 4 is 40.7 Å². The lowest BCUT2D eigenvalue weighted by Crippen LogP contribution is -2.70. The number of hydrogen-bond acceptors (Lipinski definition) is 10. The van der Waals surface area contributed by atoms with E-state index in [0.29, 0.717) is 5.56 Å². The molecule has 3 aliphatic carbocycles. The van der Waals surface area contributed by atoms with Crippen LogP contribution in [-0.4, -0.2) is 79.7 Å². The predicted octanol–water partition coefficient (Wildman–Crippen LogP) is 0.0615. The Morgan fingerprint density at radius 1 is 1.21 bits per heavy atom. The van der Waals surface area contributed by atoms with Crippen LogP contribution in [0.25, 0.3) is 5.76 Å². The molecule has 0 saturated heterocycles. The third-order valence-electron chi connectivity index (χ3n) is 7.23. The molecular formula is C22H24ClN3O8. The fourth-order valence-corrected chi connectivity index (χ4v) is 5.85. The maximum absolute atomic E-state index is 13.8. The van der Waals surface area contributed by atoms with Crippen LogP contribution in [0.5, 0.6) is 5.75 Å². The number of halogens is 1. The standard InChI is InChI=1S/C22H24ClN3O8/c1-6-7-4-5-8(25-23)15(27)10(7)16(28)11-9(6)17(29)13-14(26(2)3)18(30)12(21(24)33)20(32)22(13,34)19(11)31/h4-6,9,13-14,17,25,27-29,32,34H,1-3H3,(H2,24,33)/t6-,9?,13?,14-,17-,22-/m0/s1. The number of hydrogen-bond donors (Lipinski definition) is 7. The summed E-state index contributed by atoms with van der Waals surface area (Å²) in [6.45, 7) is 1.64. The lowest BCUT2D eigenvalue weighted by atomic mass is 9.54. The SMILES string of the molecule is C[C@H]1c2ccc(NCl)c(O)c2C(O)=C2C(=O)[C@]3(O)C(O)=C(C(N)=O)C(=O)[C@@H](N(C)C)C3[C@@H](O)C21. The maximum atomic E-state index is 13.8. The van der Waals surface area contributed by atoms with Gasteiger partial charge in [0, 0.05) is 23.3 Å². The van der Waals surface area contributed by atoms with Crippen molar-refractivity contribution in [3.05, 3.63) is 40.2 Å². The van der Waals surface area contributed by atoms with E-state index in [4.69, 9.17) is 17.5 Å². The third-order valence-corrected chi connectivity index (χ3v) is 7.43. The normalized spacial score (nSPS) is 33.0. The largest absolute Gasteiger partial charge is 0.508 e. The summed E-state index contributed by atoms with van der Waals surface area (Å²) in [5, 5.41) is 55.6. The Labute approximate surface area is 198 Å². The minimum absolute atomic E-state index is 0.0355. The lowest BCUT2D eigenvalue weighted by molar-refractivity contribution is -0.169. The summed E-state index contributed by atoms with van der Waals surface area (Å²) in [5.41, 5.74) is 1.19. The number of anilines is 1. The van der Waals surface area contributed by atoms with E-state index < -0.39 is 81.4 Å². The van der Waals surface area contributed by atoms with Gasteiger partial charge >= 0.3 is 0 Å². The van der Waals surface area contributed by atoms with Gasteiger partial charge in [0.15, 0.2) is 17.1 Å². The maximum Gasteiger partial charge on any atom is 0.255 e. The highest BCUT2D eigenvalue weighted by molar-refractivity contribution is 6.25. The molecule has 34 heavy (non-hydrogen) atoms. The highest BCUT2D eigenvalue weighted by Crippen LogP contribution is 2.56. The van der Waals surface area contributed by atoms with E-state index in [1.54, 1.807) is 13.0 Å². The first-order valence-corrected chi connectivity index (χ1v) is 10.7. The zero-order valence-electron chi connectivity index (χ0n) is 18.4. The molecule has 0 spiro atoms. The molecule has 11 nitrogen and oxygen atoms in total. The van der Waals surface area contributed by atoms with Gasteiger partial charge in [-0.25, -0.2) is 0 Å². The van der Waals surface area contributed by atoms with Gasteiger partial charge in [-0.15, -0.1) is 0 Å².